The number of benzene rings is 3. The first-order valence-corrected chi connectivity index (χ1v) is 12.1. The molecule has 1 heterocycles. The molecular weight excluding hydrogens is 464 g/mol. The number of fused-ring (bicyclic) bond motifs is 1. The van der Waals surface area contributed by atoms with Gasteiger partial charge < -0.3 is 14.4 Å². The largest absolute Gasteiger partial charge is 0.496 e. The van der Waals surface area contributed by atoms with E-state index in [1.165, 1.54) is 24.3 Å². The topological polar surface area (TPSA) is 84.9 Å². The highest BCUT2D eigenvalue weighted by Gasteiger charge is 2.29. The minimum Gasteiger partial charge on any atom is -0.496 e. The molecule has 0 spiro atoms. The van der Waals surface area contributed by atoms with E-state index in [1.54, 1.807) is 37.1 Å². The van der Waals surface area contributed by atoms with Gasteiger partial charge in [-0.1, -0.05) is 29.8 Å². The van der Waals surface area contributed by atoms with Gasteiger partial charge in [0.1, 0.15) is 11.5 Å². The van der Waals surface area contributed by atoms with Crippen LogP contribution in [0.25, 0.3) is 0 Å². The number of hydrogen-bond acceptors (Lipinski definition) is 5. The number of methoxy groups -OCH3 is 1. The smallest absolute Gasteiger partial charge is 0.263 e. The lowest BCUT2D eigenvalue weighted by atomic mass is 10.1. The quantitative estimate of drug-likeness (QED) is 0.556. The Hall–Kier alpha value is -3.23. The molecule has 0 aliphatic carbocycles. The summed E-state index contributed by atoms with van der Waals surface area (Å²) in [5, 5.41) is 0.449. The van der Waals surface area contributed by atoms with Gasteiger partial charge in [0.05, 0.1) is 12.0 Å². The van der Waals surface area contributed by atoms with Crippen LogP contribution in [-0.4, -0.2) is 32.4 Å². The summed E-state index contributed by atoms with van der Waals surface area (Å²) >= 11 is 5.86. The van der Waals surface area contributed by atoms with Crippen LogP contribution >= 0.6 is 11.6 Å². The van der Waals surface area contributed by atoms with Crippen LogP contribution < -0.4 is 14.2 Å². The van der Waals surface area contributed by atoms with Crippen LogP contribution in [0.15, 0.2) is 71.6 Å². The second-order valence-electron chi connectivity index (χ2n) is 7.65. The van der Waals surface area contributed by atoms with E-state index in [0.717, 1.165) is 5.56 Å². The normalized spacial score (nSPS) is 15.9. The molecule has 9 heteroatoms. The van der Waals surface area contributed by atoms with Gasteiger partial charge in [-0.15, -0.1) is 0 Å². The third-order valence-electron chi connectivity index (χ3n) is 5.31. The van der Waals surface area contributed by atoms with E-state index in [2.05, 4.69) is 4.72 Å². The van der Waals surface area contributed by atoms with Gasteiger partial charge in [-0.3, -0.25) is 9.52 Å². The van der Waals surface area contributed by atoms with Crippen molar-refractivity contribution in [2.75, 3.05) is 11.8 Å². The number of hydrogen-bond donors (Lipinski definition) is 1. The number of nitrogens with one attached hydrogen (secondary N) is 1. The monoisotopic (exact) mass is 486 g/mol. The fourth-order valence-electron chi connectivity index (χ4n) is 3.66. The van der Waals surface area contributed by atoms with E-state index < -0.39 is 16.1 Å². The molecule has 7 nitrogen and oxygen atoms in total. The predicted molar refractivity (Wildman–Crippen MR) is 126 cm³/mol. The molecule has 0 saturated heterocycles. The van der Waals surface area contributed by atoms with Crippen molar-refractivity contribution in [3.05, 3.63) is 82.9 Å². The van der Waals surface area contributed by atoms with Crippen molar-refractivity contribution in [3.8, 4) is 11.5 Å². The first-order valence-electron chi connectivity index (χ1n) is 10.3. The number of sulfonamides is 1. The summed E-state index contributed by atoms with van der Waals surface area (Å²) in [5.41, 5.74) is 1.93. The third-order valence-corrected chi connectivity index (χ3v) is 6.96. The second-order valence-corrected chi connectivity index (χ2v) is 9.77. The average Bonchev–Trinajstić information content (AvgIpc) is 2.90. The summed E-state index contributed by atoms with van der Waals surface area (Å²) in [5.74, 6) is 1.06. The van der Waals surface area contributed by atoms with E-state index in [9.17, 15) is 13.2 Å². The summed E-state index contributed by atoms with van der Waals surface area (Å²) in [6.07, 6.45) is -0.683. The molecule has 0 radical (unpaired) electrons. The number of halogens is 1. The van der Waals surface area contributed by atoms with Gasteiger partial charge in [-0.25, -0.2) is 8.42 Å². The van der Waals surface area contributed by atoms with Gasteiger partial charge in [-0.2, -0.15) is 0 Å². The SMILES string of the molecule is COc1ccccc1CN1Cc2cc(NS(=O)(=O)c3ccc(Cl)cc3)ccc2O[C@@H](C)C1=O. The average molecular weight is 487 g/mol. The van der Waals surface area contributed by atoms with E-state index in [4.69, 9.17) is 21.1 Å². The molecule has 3 aromatic rings. The van der Waals surface area contributed by atoms with Gasteiger partial charge in [-0.05, 0) is 55.5 Å². The fourth-order valence-corrected chi connectivity index (χ4v) is 4.84. The highest BCUT2D eigenvalue weighted by Crippen LogP contribution is 2.31. The first kappa shape index (κ1) is 22.9. The highest BCUT2D eigenvalue weighted by atomic mass is 35.5. The number of nitrogens with zero attached hydrogens (tertiary/aromatic N) is 1. The highest BCUT2D eigenvalue weighted by molar-refractivity contribution is 7.92. The second kappa shape index (κ2) is 9.33. The molecule has 1 aliphatic rings. The minimum atomic E-state index is -3.80. The zero-order valence-electron chi connectivity index (χ0n) is 18.1. The molecule has 0 saturated carbocycles. The van der Waals surface area contributed by atoms with Crippen LogP contribution in [0.4, 0.5) is 5.69 Å². The summed E-state index contributed by atoms with van der Waals surface area (Å²) in [6, 6.07) is 18.4. The summed E-state index contributed by atoms with van der Waals surface area (Å²) < 4.78 is 39.4. The molecule has 0 fully saturated rings. The molecule has 1 N–H and O–H groups in total. The Kier molecular flexibility index (Phi) is 6.49. The number of rotatable bonds is 6. The molecule has 172 valence electrons. The van der Waals surface area contributed by atoms with Gasteiger partial charge in [0.15, 0.2) is 6.10 Å². The Morgan fingerprint density at radius 3 is 2.58 bits per heavy atom. The predicted octanol–water partition coefficient (Wildman–Crippen LogP) is 4.46. The Balaban J connectivity index is 1.61. The van der Waals surface area contributed by atoms with Crippen molar-refractivity contribution in [2.24, 2.45) is 0 Å². The van der Waals surface area contributed by atoms with Crippen molar-refractivity contribution in [3.63, 3.8) is 0 Å². The summed E-state index contributed by atoms with van der Waals surface area (Å²) in [7, 11) is -2.22. The van der Waals surface area contributed by atoms with Crippen LogP contribution in [0.1, 0.15) is 18.1 Å². The van der Waals surface area contributed by atoms with Crippen LogP contribution in [0, 0.1) is 0 Å². The maximum atomic E-state index is 13.0. The van der Waals surface area contributed by atoms with E-state index in [1.807, 2.05) is 24.3 Å². The van der Waals surface area contributed by atoms with E-state index in [-0.39, 0.29) is 17.3 Å². The number of amides is 1. The first-order chi connectivity index (χ1) is 15.8. The van der Waals surface area contributed by atoms with Crippen LogP contribution in [0.3, 0.4) is 0 Å². The molecule has 33 heavy (non-hydrogen) atoms. The molecular formula is C24H23ClN2O5S. The summed E-state index contributed by atoms with van der Waals surface area (Å²) in [6.45, 7) is 2.29. The molecule has 1 aliphatic heterocycles. The maximum Gasteiger partial charge on any atom is 0.263 e. The van der Waals surface area contributed by atoms with Gasteiger partial charge in [0.2, 0.25) is 0 Å². The Morgan fingerprint density at radius 2 is 1.85 bits per heavy atom. The Bertz CT molecular complexity index is 1280. The molecule has 0 aromatic heterocycles. The molecule has 1 amide bonds. The van der Waals surface area contributed by atoms with Crippen molar-refractivity contribution >= 4 is 33.2 Å². The zero-order valence-corrected chi connectivity index (χ0v) is 19.7. The number of carbonyl (C=O) groups is 1. The van der Waals surface area contributed by atoms with Crippen LogP contribution in [0.5, 0.6) is 11.5 Å². The van der Waals surface area contributed by atoms with E-state index in [0.29, 0.717) is 34.3 Å². The lowest BCUT2D eigenvalue weighted by molar-refractivity contribution is -0.138. The van der Waals surface area contributed by atoms with Crippen molar-refractivity contribution in [2.45, 2.75) is 31.0 Å². The lowest BCUT2D eigenvalue weighted by Gasteiger charge is -2.23. The number of ether oxygens (including phenoxy) is 2. The Morgan fingerprint density at radius 1 is 1.12 bits per heavy atom. The van der Waals surface area contributed by atoms with Crippen LogP contribution in [0.2, 0.25) is 5.02 Å². The van der Waals surface area contributed by atoms with Gasteiger partial charge in [0, 0.05) is 34.9 Å². The maximum absolute atomic E-state index is 13.0. The fraction of sp³-hybridized carbons (Fsp3) is 0.208. The van der Waals surface area contributed by atoms with Crippen LogP contribution in [-0.2, 0) is 27.9 Å². The van der Waals surface area contributed by atoms with Crippen molar-refractivity contribution < 1.29 is 22.7 Å². The molecule has 0 unspecified atom stereocenters. The standard InChI is InChI=1S/C24H23ClN2O5S/c1-16-24(28)27(14-17-5-3-4-6-22(17)31-2)15-18-13-20(9-12-23(18)32-16)26-33(29,30)21-10-7-19(25)8-11-21/h3-13,16,26H,14-15H2,1-2H3/t16-/m0/s1. The molecule has 1 atom stereocenters. The molecule has 4 rings (SSSR count). The van der Waals surface area contributed by atoms with Gasteiger partial charge in [0.25, 0.3) is 15.9 Å². The number of para-hydroxylation sites is 1. The zero-order chi connectivity index (χ0) is 23.6. The van der Waals surface area contributed by atoms with E-state index >= 15 is 0 Å². The van der Waals surface area contributed by atoms with Crippen molar-refractivity contribution in [1.82, 2.24) is 4.90 Å². The Labute approximate surface area is 197 Å². The molecule has 3 aromatic carbocycles. The number of carbonyl (C=O) groups excluding carboxylic acids is 1. The third kappa shape index (κ3) is 5.07. The molecule has 0 bridgehead atoms. The minimum absolute atomic E-state index is 0.0969. The summed E-state index contributed by atoms with van der Waals surface area (Å²) in [4.78, 5) is 14.8. The van der Waals surface area contributed by atoms with Crippen molar-refractivity contribution in [1.29, 1.82) is 0 Å². The lowest BCUT2D eigenvalue weighted by Crippen LogP contribution is -2.37. The number of anilines is 1. The van der Waals surface area contributed by atoms with Gasteiger partial charge >= 0.3 is 0 Å².